The van der Waals surface area contributed by atoms with Crippen LogP contribution in [0.2, 0.25) is 0 Å². The molecule has 146 valence electrons. The van der Waals surface area contributed by atoms with Gasteiger partial charge in [0.25, 0.3) is 0 Å². The molecule has 0 aliphatic heterocycles. The van der Waals surface area contributed by atoms with Crippen molar-refractivity contribution in [1.29, 1.82) is 0 Å². The van der Waals surface area contributed by atoms with Gasteiger partial charge in [-0.15, -0.1) is 0 Å². The summed E-state index contributed by atoms with van der Waals surface area (Å²) in [5, 5.41) is 0. The first-order valence-corrected chi connectivity index (χ1v) is 8.59. The molecule has 0 aliphatic carbocycles. The molecule has 6 nitrogen and oxygen atoms in total. The molecule has 2 aromatic rings. The van der Waals surface area contributed by atoms with Gasteiger partial charge in [0, 0.05) is 25.2 Å². The molecule has 0 aliphatic rings. The van der Waals surface area contributed by atoms with E-state index < -0.39 is 0 Å². The monoisotopic (exact) mass is 373 g/mol. The molecule has 2 rings (SSSR count). The molecular weight excluding hydrogens is 346 g/mol. The molecule has 0 bridgehead atoms. The quantitative estimate of drug-likeness (QED) is 0.711. The van der Waals surface area contributed by atoms with E-state index >= 15 is 0 Å². The minimum absolute atomic E-state index is 0.00680. The van der Waals surface area contributed by atoms with Crippen molar-refractivity contribution < 1.29 is 23.7 Å². The summed E-state index contributed by atoms with van der Waals surface area (Å²) >= 11 is 0. The summed E-state index contributed by atoms with van der Waals surface area (Å²) in [7, 11) is 8.17. The van der Waals surface area contributed by atoms with Crippen molar-refractivity contribution in [3.8, 4) is 23.0 Å². The highest BCUT2D eigenvalue weighted by Gasteiger charge is 2.16. The van der Waals surface area contributed by atoms with Crippen LogP contribution in [0.15, 0.2) is 30.3 Å². The molecule has 6 heteroatoms. The first-order valence-electron chi connectivity index (χ1n) is 8.59. The maximum atomic E-state index is 12.7. The summed E-state index contributed by atoms with van der Waals surface area (Å²) in [6.07, 6.45) is 0.246. The van der Waals surface area contributed by atoms with E-state index in [9.17, 15) is 4.79 Å². The van der Waals surface area contributed by atoms with Gasteiger partial charge in [-0.3, -0.25) is 4.79 Å². The molecule has 0 N–H and O–H groups in total. The Morgan fingerprint density at radius 2 is 1.48 bits per heavy atom. The van der Waals surface area contributed by atoms with Crippen molar-refractivity contribution in [1.82, 2.24) is 4.90 Å². The predicted octanol–water partition coefficient (Wildman–Crippen LogP) is 3.23. The minimum atomic E-state index is -0.00680. The smallest absolute Gasteiger partial charge is 0.227 e. The summed E-state index contributed by atoms with van der Waals surface area (Å²) in [6.45, 7) is 2.46. The highest BCUT2D eigenvalue weighted by Crippen LogP contribution is 2.31. The summed E-state index contributed by atoms with van der Waals surface area (Å²) in [5.41, 5.74) is 2.86. The second-order valence-corrected chi connectivity index (χ2v) is 6.24. The van der Waals surface area contributed by atoms with Gasteiger partial charge in [0.15, 0.2) is 11.5 Å². The van der Waals surface area contributed by atoms with Gasteiger partial charge >= 0.3 is 0 Å². The van der Waals surface area contributed by atoms with Crippen molar-refractivity contribution in [2.75, 3.05) is 35.5 Å². The zero-order valence-corrected chi connectivity index (χ0v) is 16.8. The van der Waals surface area contributed by atoms with Gasteiger partial charge in [0.05, 0.1) is 34.9 Å². The number of ether oxygens (including phenoxy) is 4. The Hall–Kier alpha value is -2.89. The van der Waals surface area contributed by atoms with Crippen LogP contribution >= 0.6 is 0 Å². The molecule has 0 atom stereocenters. The summed E-state index contributed by atoms with van der Waals surface area (Å²) in [4.78, 5) is 14.4. The Morgan fingerprint density at radius 1 is 0.852 bits per heavy atom. The van der Waals surface area contributed by atoms with Crippen LogP contribution in [0.5, 0.6) is 23.0 Å². The number of amides is 1. The standard InChI is InChI=1S/C21H27NO5/c1-14-9-19(26-5)20(27-6)10-16(14)13-22(2)21(23)11-15-7-8-17(24-3)12-18(15)25-4/h7-10,12H,11,13H2,1-6H3. The highest BCUT2D eigenvalue weighted by atomic mass is 16.5. The van der Waals surface area contributed by atoms with Gasteiger partial charge in [-0.2, -0.15) is 0 Å². The van der Waals surface area contributed by atoms with E-state index in [1.807, 2.05) is 31.2 Å². The molecule has 0 fully saturated rings. The van der Waals surface area contributed by atoms with Crippen LogP contribution in [0.25, 0.3) is 0 Å². The average molecular weight is 373 g/mol. The van der Waals surface area contributed by atoms with E-state index in [2.05, 4.69) is 0 Å². The lowest BCUT2D eigenvalue weighted by atomic mass is 10.1. The van der Waals surface area contributed by atoms with Crippen LogP contribution in [0, 0.1) is 6.92 Å². The van der Waals surface area contributed by atoms with E-state index in [4.69, 9.17) is 18.9 Å². The second-order valence-electron chi connectivity index (χ2n) is 6.24. The molecule has 1 amide bonds. The Balaban J connectivity index is 2.15. The molecule has 0 saturated heterocycles. The topological polar surface area (TPSA) is 57.2 Å². The maximum absolute atomic E-state index is 12.7. The Labute approximate surface area is 160 Å². The lowest BCUT2D eigenvalue weighted by Gasteiger charge is -2.20. The Morgan fingerprint density at radius 3 is 2.07 bits per heavy atom. The largest absolute Gasteiger partial charge is 0.497 e. The second kappa shape index (κ2) is 9.16. The van der Waals surface area contributed by atoms with E-state index in [-0.39, 0.29) is 12.3 Å². The summed E-state index contributed by atoms with van der Waals surface area (Å²) < 4.78 is 21.3. The van der Waals surface area contributed by atoms with Gasteiger partial charge in [0.1, 0.15) is 11.5 Å². The highest BCUT2D eigenvalue weighted by molar-refractivity contribution is 5.79. The number of methoxy groups -OCH3 is 4. The molecule has 2 aromatic carbocycles. The molecule has 0 heterocycles. The lowest BCUT2D eigenvalue weighted by molar-refractivity contribution is -0.129. The number of carbonyl (C=O) groups excluding carboxylic acids is 1. The molecule has 0 saturated carbocycles. The maximum Gasteiger partial charge on any atom is 0.227 e. The zero-order chi connectivity index (χ0) is 20.0. The number of benzene rings is 2. The normalized spacial score (nSPS) is 10.3. The third-order valence-electron chi connectivity index (χ3n) is 4.51. The number of carbonyl (C=O) groups is 1. The number of aryl methyl sites for hydroxylation is 1. The molecular formula is C21H27NO5. The van der Waals surface area contributed by atoms with Crippen molar-refractivity contribution in [3.63, 3.8) is 0 Å². The molecule has 0 unspecified atom stereocenters. The molecule has 0 aromatic heterocycles. The van der Waals surface area contributed by atoms with Crippen molar-refractivity contribution >= 4 is 5.91 Å². The third-order valence-corrected chi connectivity index (χ3v) is 4.51. The van der Waals surface area contributed by atoms with Gasteiger partial charge in [0.2, 0.25) is 5.91 Å². The predicted molar refractivity (Wildman–Crippen MR) is 104 cm³/mol. The van der Waals surface area contributed by atoms with Gasteiger partial charge in [-0.25, -0.2) is 0 Å². The molecule has 0 radical (unpaired) electrons. The van der Waals surface area contributed by atoms with Crippen molar-refractivity contribution in [2.45, 2.75) is 19.9 Å². The number of likely N-dealkylation sites (N-methyl/N-ethyl adjacent to an activating group) is 1. The lowest BCUT2D eigenvalue weighted by Crippen LogP contribution is -2.28. The number of hydrogen-bond acceptors (Lipinski definition) is 5. The van der Waals surface area contributed by atoms with Crippen molar-refractivity contribution in [3.05, 3.63) is 47.0 Å². The van der Waals surface area contributed by atoms with Crippen LogP contribution < -0.4 is 18.9 Å². The zero-order valence-electron chi connectivity index (χ0n) is 16.8. The summed E-state index contributed by atoms with van der Waals surface area (Å²) in [6, 6.07) is 9.28. The van der Waals surface area contributed by atoms with Gasteiger partial charge in [-0.1, -0.05) is 6.07 Å². The van der Waals surface area contributed by atoms with E-state index in [1.54, 1.807) is 46.5 Å². The summed E-state index contributed by atoms with van der Waals surface area (Å²) in [5.74, 6) is 2.65. The van der Waals surface area contributed by atoms with E-state index in [0.717, 1.165) is 16.7 Å². The minimum Gasteiger partial charge on any atom is -0.497 e. The number of nitrogens with zero attached hydrogens (tertiary/aromatic N) is 1. The molecule has 0 spiro atoms. The van der Waals surface area contributed by atoms with Crippen LogP contribution in [0.1, 0.15) is 16.7 Å². The van der Waals surface area contributed by atoms with Crippen LogP contribution in [0.4, 0.5) is 0 Å². The number of rotatable bonds is 8. The van der Waals surface area contributed by atoms with E-state index in [1.165, 1.54) is 0 Å². The molecule has 27 heavy (non-hydrogen) atoms. The van der Waals surface area contributed by atoms with Crippen LogP contribution in [-0.2, 0) is 17.8 Å². The average Bonchev–Trinajstić information content (AvgIpc) is 2.69. The Kier molecular flexibility index (Phi) is 6.93. The fourth-order valence-corrected chi connectivity index (χ4v) is 2.83. The van der Waals surface area contributed by atoms with Gasteiger partial charge in [-0.05, 0) is 36.2 Å². The Bertz CT molecular complexity index is 803. The van der Waals surface area contributed by atoms with Crippen LogP contribution in [-0.4, -0.2) is 46.3 Å². The fraction of sp³-hybridized carbons (Fsp3) is 0.381. The van der Waals surface area contributed by atoms with Crippen molar-refractivity contribution in [2.24, 2.45) is 0 Å². The SMILES string of the molecule is COc1ccc(CC(=O)N(C)Cc2cc(OC)c(OC)cc2C)c(OC)c1. The van der Waals surface area contributed by atoms with Crippen LogP contribution in [0.3, 0.4) is 0 Å². The third kappa shape index (κ3) is 4.84. The van der Waals surface area contributed by atoms with Gasteiger partial charge < -0.3 is 23.8 Å². The van der Waals surface area contributed by atoms with E-state index in [0.29, 0.717) is 29.5 Å². The first-order chi connectivity index (χ1) is 12.9. The first kappa shape index (κ1) is 20.4. The number of hydrogen-bond donors (Lipinski definition) is 0. The fourth-order valence-electron chi connectivity index (χ4n) is 2.83.